The third kappa shape index (κ3) is 6.86. The van der Waals surface area contributed by atoms with Gasteiger partial charge in [-0.1, -0.05) is 6.07 Å². The standard InChI is InChI=1S/C14H22N4O2/c1-11(19)16-12-5-4-6-13(9-12)17-14(20)10-15-7-8-18(2)3/h4-6,9,15H,7-8,10H2,1-3H3,(H,16,19)(H,17,20). The van der Waals surface area contributed by atoms with Gasteiger partial charge in [0.1, 0.15) is 0 Å². The third-order valence-corrected chi connectivity index (χ3v) is 2.49. The molecule has 3 N–H and O–H groups in total. The molecule has 6 nitrogen and oxygen atoms in total. The molecule has 0 bridgehead atoms. The number of hydrogen-bond donors (Lipinski definition) is 3. The highest BCUT2D eigenvalue weighted by molar-refractivity contribution is 5.94. The average molecular weight is 278 g/mol. The summed E-state index contributed by atoms with van der Waals surface area (Å²) in [6, 6.07) is 7.05. The Balaban J connectivity index is 2.39. The zero-order valence-corrected chi connectivity index (χ0v) is 12.2. The first kappa shape index (κ1) is 16.1. The molecule has 2 amide bonds. The molecule has 0 aliphatic heterocycles. The van der Waals surface area contributed by atoms with E-state index < -0.39 is 0 Å². The SMILES string of the molecule is CC(=O)Nc1cccc(NC(=O)CNCCN(C)C)c1. The van der Waals surface area contributed by atoms with Crippen molar-refractivity contribution in [2.24, 2.45) is 0 Å². The van der Waals surface area contributed by atoms with Crippen LogP contribution in [0.15, 0.2) is 24.3 Å². The van der Waals surface area contributed by atoms with Crippen LogP contribution in [0.2, 0.25) is 0 Å². The largest absolute Gasteiger partial charge is 0.326 e. The molecule has 0 fully saturated rings. The van der Waals surface area contributed by atoms with Crippen LogP contribution in [0.4, 0.5) is 11.4 Å². The minimum absolute atomic E-state index is 0.108. The lowest BCUT2D eigenvalue weighted by Crippen LogP contribution is -2.33. The molecule has 0 heterocycles. The molecule has 1 aromatic carbocycles. The minimum Gasteiger partial charge on any atom is -0.326 e. The molecule has 0 saturated heterocycles. The summed E-state index contributed by atoms with van der Waals surface area (Å²) >= 11 is 0. The number of likely N-dealkylation sites (N-methyl/N-ethyl adjacent to an activating group) is 1. The van der Waals surface area contributed by atoms with E-state index in [-0.39, 0.29) is 18.4 Å². The number of anilines is 2. The fourth-order valence-electron chi connectivity index (χ4n) is 1.59. The van der Waals surface area contributed by atoms with Crippen molar-refractivity contribution in [3.63, 3.8) is 0 Å². The Bertz CT molecular complexity index is 460. The zero-order valence-electron chi connectivity index (χ0n) is 12.2. The molecule has 0 atom stereocenters. The van der Waals surface area contributed by atoms with Gasteiger partial charge in [0.25, 0.3) is 0 Å². The summed E-state index contributed by atoms with van der Waals surface area (Å²) < 4.78 is 0. The second-order valence-electron chi connectivity index (χ2n) is 4.79. The monoisotopic (exact) mass is 278 g/mol. The Labute approximate surface area is 119 Å². The molecule has 20 heavy (non-hydrogen) atoms. The summed E-state index contributed by atoms with van der Waals surface area (Å²) in [6.45, 7) is 3.34. The van der Waals surface area contributed by atoms with Crippen molar-refractivity contribution in [1.29, 1.82) is 0 Å². The summed E-state index contributed by atoms with van der Waals surface area (Å²) in [7, 11) is 3.96. The first-order valence-electron chi connectivity index (χ1n) is 6.50. The Morgan fingerprint density at radius 1 is 1.15 bits per heavy atom. The second-order valence-corrected chi connectivity index (χ2v) is 4.79. The van der Waals surface area contributed by atoms with Gasteiger partial charge in [-0.2, -0.15) is 0 Å². The number of nitrogens with one attached hydrogen (secondary N) is 3. The van der Waals surface area contributed by atoms with Crippen LogP contribution in [0.3, 0.4) is 0 Å². The molecule has 0 aliphatic rings. The van der Waals surface area contributed by atoms with Crippen LogP contribution in [0.25, 0.3) is 0 Å². The van der Waals surface area contributed by atoms with E-state index in [0.29, 0.717) is 11.4 Å². The van der Waals surface area contributed by atoms with Crippen molar-refractivity contribution >= 4 is 23.2 Å². The average Bonchev–Trinajstić information content (AvgIpc) is 2.34. The van der Waals surface area contributed by atoms with Crippen molar-refractivity contribution < 1.29 is 9.59 Å². The quantitative estimate of drug-likeness (QED) is 0.643. The molecule has 0 aliphatic carbocycles. The van der Waals surface area contributed by atoms with E-state index in [4.69, 9.17) is 0 Å². The highest BCUT2D eigenvalue weighted by Crippen LogP contribution is 2.14. The predicted molar refractivity (Wildman–Crippen MR) is 80.8 cm³/mol. The van der Waals surface area contributed by atoms with E-state index >= 15 is 0 Å². The van der Waals surface area contributed by atoms with Gasteiger partial charge in [0.2, 0.25) is 11.8 Å². The maximum absolute atomic E-state index is 11.7. The first-order valence-corrected chi connectivity index (χ1v) is 6.50. The highest BCUT2D eigenvalue weighted by Gasteiger charge is 2.03. The zero-order chi connectivity index (χ0) is 15.0. The summed E-state index contributed by atoms with van der Waals surface area (Å²) in [5.41, 5.74) is 1.33. The summed E-state index contributed by atoms with van der Waals surface area (Å²) in [6.07, 6.45) is 0. The summed E-state index contributed by atoms with van der Waals surface area (Å²) in [5.74, 6) is -0.248. The van der Waals surface area contributed by atoms with Gasteiger partial charge in [0, 0.05) is 31.4 Å². The summed E-state index contributed by atoms with van der Waals surface area (Å²) in [4.78, 5) is 24.7. The lowest BCUT2D eigenvalue weighted by atomic mass is 10.2. The van der Waals surface area contributed by atoms with E-state index in [1.54, 1.807) is 24.3 Å². The molecule has 1 aromatic rings. The van der Waals surface area contributed by atoms with E-state index in [1.165, 1.54) is 6.92 Å². The molecule has 110 valence electrons. The Kier molecular flexibility index (Phi) is 6.69. The number of amides is 2. The van der Waals surface area contributed by atoms with Gasteiger partial charge in [-0.25, -0.2) is 0 Å². The molecular formula is C14H22N4O2. The van der Waals surface area contributed by atoms with E-state index in [9.17, 15) is 9.59 Å². The van der Waals surface area contributed by atoms with Crippen molar-refractivity contribution in [1.82, 2.24) is 10.2 Å². The fraction of sp³-hybridized carbons (Fsp3) is 0.429. The molecule has 0 aromatic heterocycles. The maximum atomic E-state index is 11.7. The van der Waals surface area contributed by atoms with E-state index in [1.807, 2.05) is 19.0 Å². The van der Waals surface area contributed by atoms with Crippen molar-refractivity contribution in [2.75, 3.05) is 44.4 Å². The Morgan fingerprint density at radius 2 is 1.80 bits per heavy atom. The molecule has 0 radical (unpaired) electrons. The van der Waals surface area contributed by atoms with Gasteiger partial charge in [0.15, 0.2) is 0 Å². The lowest BCUT2D eigenvalue weighted by molar-refractivity contribution is -0.115. The van der Waals surface area contributed by atoms with Gasteiger partial charge in [-0.05, 0) is 32.3 Å². The smallest absolute Gasteiger partial charge is 0.238 e. The van der Waals surface area contributed by atoms with Crippen LogP contribution >= 0.6 is 0 Å². The number of benzene rings is 1. The van der Waals surface area contributed by atoms with Crippen molar-refractivity contribution in [2.45, 2.75) is 6.92 Å². The highest BCUT2D eigenvalue weighted by atomic mass is 16.2. The normalized spacial score (nSPS) is 10.4. The van der Waals surface area contributed by atoms with Crippen molar-refractivity contribution in [3.05, 3.63) is 24.3 Å². The number of hydrogen-bond acceptors (Lipinski definition) is 4. The van der Waals surface area contributed by atoms with Gasteiger partial charge in [-0.15, -0.1) is 0 Å². The first-order chi connectivity index (χ1) is 9.47. The van der Waals surface area contributed by atoms with E-state index in [0.717, 1.165) is 13.1 Å². The molecule has 1 rings (SSSR count). The Morgan fingerprint density at radius 3 is 2.40 bits per heavy atom. The topological polar surface area (TPSA) is 73.5 Å². The van der Waals surface area contributed by atoms with Gasteiger partial charge < -0.3 is 20.9 Å². The number of nitrogens with zero attached hydrogens (tertiary/aromatic N) is 1. The van der Waals surface area contributed by atoms with Gasteiger partial charge in [0.05, 0.1) is 6.54 Å². The van der Waals surface area contributed by atoms with Crippen LogP contribution in [0.1, 0.15) is 6.92 Å². The third-order valence-electron chi connectivity index (χ3n) is 2.49. The molecule has 6 heteroatoms. The fourth-order valence-corrected chi connectivity index (χ4v) is 1.59. The van der Waals surface area contributed by atoms with Crippen LogP contribution in [-0.4, -0.2) is 50.4 Å². The van der Waals surface area contributed by atoms with Gasteiger partial charge >= 0.3 is 0 Å². The maximum Gasteiger partial charge on any atom is 0.238 e. The van der Waals surface area contributed by atoms with Crippen LogP contribution < -0.4 is 16.0 Å². The van der Waals surface area contributed by atoms with E-state index in [2.05, 4.69) is 16.0 Å². The number of carbonyl (C=O) groups excluding carboxylic acids is 2. The minimum atomic E-state index is -0.140. The van der Waals surface area contributed by atoms with Gasteiger partial charge in [-0.3, -0.25) is 9.59 Å². The van der Waals surface area contributed by atoms with Crippen LogP contribution in [0.5, 0.6) is 0 Å². The molecule has 0 unspecified atom stereocenters. The Hall–Kier alpha value is -1.92. The predicted octanol–water partition coefficient (Wildman–Crippen LogP) is 0.735. The summed E-state index contributed by atoms with van der Waals surface area (Å²) in [5, 5.41) is 8.51. The number of carbonyl (C=O) groups is 2. The molecule has 0 saturated carbocycles. The lowest BCUT2D eigenvalue weighted by Gasteiger charge is -2.11. The van der Waals surface area contributed by atoms with Crippen LogP contribution in [0, 0.1) is 0 Å². The van der Waals surface area contributed by atoms with Crippen molar-refractivity contribution in [3.8, 4) is 0 Å². The molecule has 0 spiro atoms. The molecular weight excluding hydrogens is 256 g/mol. The second kappa shape index (κ2) is 8.29. The number of rotatable bonds is 7. The van der Waals surface area contributed by atoms with Crippen LogP contribution in [-0.2, 0) is 9.59 Å².